The quantitative estimate of drug-likeness (QED) is 0.357. The zero-order chi connectivity index (χ0) is 24.1. The van der Waals surface area contributed by atoms with Crippen LogP contribution < -0.4 is 14.9 Å². The summed E-state index contributed by atoms with van der Waals surface area (Å²) in [6, 6.07) is 17.7. The van der Waals surface area contributed by atoms with Crippen molar-refractivity contribution in [2.24, 2.45) is 5.10 Å². The second kappa shape index (κ2) is 10.4. The van der Waals surface area contributed by atoms with Gasteiger partial charge in [-0.25, -0.2) is 13.8 Å². The lowest BCUT2D eigenvalue weighted by molar-refractivity contribution is -0.121. The van der Waals surface area contributed by atoms with E-state index in [1.165, 1.54) is 30.5 Å². The van der Waals surface area contributed by atoms with Crippen molar-refractivity contribution in [1.82, 2.24) is 9.73 Å². The second-order valence-corrected chi connectivity index (χ2v) is 10.1. The molecule has 0 saturated heterocycles. The molecule has 0 spiro atoms. The number of carbonyl (C=O) groups is 1. The van der Waals surface area contributed by atoms with Crippen LogP contribution in [-0.2, 0) is 21.4 Å². The van der Waals surface area contributed by atoms with Gasteiger partial charge in [0.25, 0.3) is 5.91 Å². The molecule has 0 atom stereocenters. The fourth-order valence-electron chi connectivity index (χ4n) is 3.19. The van der Waals surface area contributed by atoms with Gasteiger partial charge in [-0.1, -0.05) is 35.3 Å². The number of nitrogens with one attached hydrogen (secondary N) is 1. The van der Waals surface area contributed by atoms with Gasteiger partial charge in [-0.2, -0.15) is 9.41 Å². The molecule has 176 valence electrons. The van der Waals surface area contributed by atoms with Crippen LogP contribution in [-0.4, -0.2) is 38.2 Å². The van der Waals surface area contributed by atoms with Gasteiger partial charge in [-0.05, 0) is 65.7 Å². The van der Waals surface area contributed by atoms with Gasteiger partial charge in [0.1, 0.15) is 0 Å². The Hall–Kier alpha value is -3.11. The molecule has 1 aliphatic rings. The highest BCUT2D eigenvalue weighted by molar-refractivity contribution is 7.89. The monoisotopic (exact) mass is 519 g/mol. The summed E-state index contributed by atoms with van der Waals surface area (Å²) in [6.45, 7) is -0.377. The van der Waals surface area contributed by atoms with Crippen molar-refractivity contribution < 1.29 is 22.7 Å². The lowest BCUT2D eigenvalue weighted by Gasteiger charge is -2.21. The summed E-state index contributed by atoms with van der Waals surface area (Å²) in [7, 11) is -4.02. The number of hydrogen-bond donors (Lipinski definition) is 1. The highest BCUT2D eigenvalue weighted by atomic mass is 35.5. The van der Waals surface area contributed by atoms with E-state index in [0.717, 1.165) is 4.31 Å². The molecular formula is C23H19Cl2N3O5S. The molecule has 0 radical (unpaired) electrons. The summed E-state index contributed by atoms with van der Waals surface area (Å²) < 4.78 is 38.2. The van der Waals surface area contributed by atoms with Gasteiger partial charge >= 0.3 is 0 Å². The third-order valence-electron chi connectivity index (χ3n) is 4.82. The highest BCUT2D eigenvalue weighted by Crippen LogP contribution is 2.32. The maximum absolute atomic E-state index is 13.3. The number of carbonyl (C=O) groups excluding carboxylic acids is 1. The van der Waals surface area contributed by atoms with Crippen LogP contribution in [0.4, 0.5) is 0 Å². The van der Waals surface area contributed by atoms with E-state index in [9.17, 15) is 13.2 Å². The first-order valence-corrected chi connectivity index (χ1v) is 12.2. The summed E-state index contributed by atoms with van der Waals surface area (Å²) in [5, 5.41) is 4.78. The number of benzene rings is 3. The summed E-state index contributed by atoms with van der Waals surface area (Å²) in [5.74, 6) is 0.596. The molecule has 8 nitrogen and oxygen atoms in total. The zero-order valence-electron chi connectivity index (χ0n) is 17.6. The fourth-order valence-corrected chi connectivity index (χ4v) is 4.91. The standard InChI is InChI=1S/C23H19Cl2N3O5S/c24-18-5-7-20(8-6-18)34(30,31)28(13-17-2-1-3-19(25)10-17)14-23(29)27-26-12-16-4-9-21-22(11-16)33-15-32-21/h1-12H,13-15H2,(H,27,29)/b26-12-. The maximum atomic E-state index is 13.3. The molecule has 11 heteroatoms. The molecule has 1 heterocycles. The molecule has 0 fully saturated rings. The van der Waals surface area contributed by atoms with Gasteiger partial charge in [-0.3, -0.25) is 4.79 Å². The van der Waals surface area contributed by atoms with Gasteiger partial charge in [0.2, 0.25) is 16.8 Å². The van der Waals surface area contributed by atoms with Crippen LogP contribution in [0.15, 0.2) is 76.7 Å². The van der Waals surface area contributed by atoms with Crippen molar-refractivity contribution >= 4 is 45.3 Å². The van der Waals surface area contributed by atoms with Crippen molar-refractivity contribution in [2.45, 2.75) is 11.4 Å². The molecule has 4 rings (SSSR count). The molecule has 1 amide bonds. The van der Waals surface area contributed by atoms with E-state index in [1.807, 2.05) is 0 Å². The minimum absolute atomic E-state index is 0.00980. The van der Waals surface area contributed by atoms with Gasteiger partial charge < -0.3 is 9.47 Å². The maximum Gasteiger partial charge on any atom is 0.255 e. The van der Waals surface area contributed by atoms with Gasteiger partial charge in [0.15, 0.2) is 11.5 Å². The second-order valence-electron chi connectivity index (χ2n) is 7.26. The molecule has 0 aliphatic carbocycles. The third kappa shape index (κ3) is 5.87. The number of fused-ring (bicyclic) bond motifs is 1. The van der Waals surface area contributed by atoms with Crippen LogP contribution in [0.25, 0.3) is 0 Å². The van der Waals surface area contributed by atoms with E-state index < -0.39 is 22.5 Å². The molecule has 1 N–H and O–H groups in total. The summed E-state index contributed by atoms with van der Waals surface area (Å²) in [6.07, 6.45) is 1.43. The lowest BCUT2D eigenvalue weighted by Crippen LogP contribution is -2.39. The largest absolute Gasteiger partial charge is 0.454 e. The lowest BCUT2D eigenvalue weighted by atomic mass is 10.2. The van der Waals surface area contributed by atoms with Crippen molar-refractivity contribution in [3.05, 3.63) is 87.9 Å². The van der Waals surface area contributed by atoms with E-state index in [1.54, 1.807) is 42.5 Å². The summed E-state index contributed by atoms with van der Waals surface area (Å²) in [5.41, 5.74) is 3.67. The normalized spacial score (nSPS) is 12.9. The average molecular weight is 520 g/mol. The van der Waals surface area contributed by atoms with Crippen LogP contribution >= 0.6 is 23.2 Å². The number of hydrogen-bond acceptors (Lipinski definition) is 6. The van der Waals surface area contributed by atoms with E-state index in [2.05, 4.69) is 10.5 Å². The molecule has 0 unspecified atom stereocenters. The Bertz CT molecular complexity index is 1330. The number of nitrogens with zero attached hydrogens (tertiary/aromatic N) is 2. The molecule has 34 heavy (non-hydrogen) atoms. The molecule has 3 aromatic carbocycles. The van der Waals surface area contributed by atoms with Crippen molar-refractivity contribution in [3.63, 3.8) is 0 Å². The van der Waals surface area contributed by atoms with E-state index in [4.69, 9.17) is 32.7 Å². The van der Waals surface area contributed by atoms with Crippen molar-refractivity contribution in [2.75, 3.05) is 13.3 Å². The minimum Gasteiger partial charge on any atom is -0.454 e. The Morgan fingerprint density at radius 3 is 2.53 bits per heavy atom. The number of hydrazone groups is 1. The number of rotatable bonds is 8. The Kier molecular flexibility index (Phi) is 7.38. The van der Waals surface area contributed by atoms with Crippen molar-refractivity contribution in [3.8, 4) is 11.5 Å². The molecular weight excluding hydrogens is 501 g/mol. The SMILES string of the molecule is O=C(CN(Cc1cccc(Cl)c1)S(=O)(=O)c1ccc(Cl)cc1)N/N=C\c1ccc2c(c1)OCO2. The van der Waals surface area contributed by atoms with E-state index >= 15 is 0 Å². The Labute approximate surface area is 206 Å². The van der Waals surface area contributed by atoms with Crippen LogP contribution in [0.2, 0.25) is 10.0 Å². The number of halogens is 2. The third-order valence-corrected chi connectivity index (χ3v) is 7.11. The predicted molar refractivity (Wildman–Crippen MR) is 129 cm³/mol. The Morgan fingerprint density at radius 1 is 1.00 bits per heavy atom. The van der Waals surface area contributed by atoms with Crippen LogP contribution in [0.3, 0.4) is 0 Å². The van der Waals surface area contributed by atoms with Crippen LogP contribution in [0, 0.1) is 0 Å². The zero-order valence-corrected chi connectivity index (χ0v) is 20.0. The van der Waals surface area contributed by atoms with Crippen LogP contribution in [0.1, 0.15) is 11.1 Å². The molecule has 0 saturated carbocycles. The Morgan fingerprint density at radius 2 is 1.76 bits per heavy atom. The van der Waals surface area contributed by atoms with E-state index in [0.29, 0.717) is 32.7 Å². The number of amides is 1. The molecule has 1 aliphatic heterocycles. The predicted octanol–water partition coefficient (Wildman–Crippen LogP) is 4.06. The smallest absolute Gasteiger partial charge is 0.255 e. The first-order chi connectivity index (χ1) is 16.3. The number of sulfonamides is 1. The molecule has 0 aromatic heterocycles. The van der Waals surface area contributed by atoms with Crippen molar-refractivity contribution in [1.29, 1.82) is 0 Å². The topological polar surface area (TPSA) is 97.3 Å². The minimum atomic E-state index is -4.02. The van der Waals surface area contributed by atoms with E-state index in [-0.39, 0.29) is 18.2 Å². The first-order valence-electron chi connectivity index (χ1n) is 10.0. The summed E-state index contributed by atoms with van der Waals surface area (Å²) in [4.78, 5) is 12.6. The van der Waals surface area contributed by atoms with Gasteiger partial charge in [-0.15, -0.1) is 0 Å². The van der Waals surface area contributed by atoms with Gasteiger partial charge in [0.05, 0.1) is 17.7 Å². The fraction of sp³-hybridized carbons (Fsp3) is 0.130. The van der Waals surface area contributed by atoms with Crippen LogP contribution in [0.5, 0.6) is 11.5 Å². The first kappa shape index (κ1) is 24.0. The average Bonchev–Trinajstić information content (AvgIpc) is 3.27. The highest BCUT2D eigenvalue weighted by Gasteiger charge is 2.27. The molecule has 3 aromatic rings. The Balaban J connectivity index is 1.50. The summed E-state index contributed by atoms with van der Waals surface area (Å²) >= 11 is 11.9. The number of ether oxygens (including phenoxy) is 2. The van der Waals surface area contributed by atoms with Gasteiger partial charge in [0, 0.05) is 16.6 Å². The molecule has 0 bridgehead atoms.